The van der Waals surface area contributed by atoms with Crippen molar-refractivity contribution in [3.8, 4) is 11.9 Å². The van der Waals surface area contributed by atoms with Gasteiger partial charge in [0.2, 0.25) is 0 Å². The number of nitrogens with zero attached hydrogens (tertiary/aromatic N) is 6. The number of hydrogen-bond donors (Lipinski definition) is 1. The summed E-state index contributed by atoms with van der Waals surface area (Å²) in [4.78, 5) is 5.91. The van der Waals surface area contributed by atoms with E-state index in [1.807, 2.05) is 7.05 Å². The number of rotatable bonds is 4. The number of nitriles is 1. The number of hydrazine groups is 1. The Hall–Kier alpha value is -2.69. The van der Waals surface area contributed by atoms with Crippen LogP contribution in [0.5, 0.6) is 0 Å². The average Bonchev–Trinajstić information content (AvgIpc) is 3.01. The largest absolute Gasteiger partial charge is 0.436 e. The second kappa shape index (κ2) is 7.62. The molecule has 29 heavy (non-hydrogen) atoms. The lowest BCUT2D eigenvalue weighted by Crippen LogP contribution is -2.47. The Kier molecular flexibility index (Phi) is 5.52. The summed E-state index contributed by atoms with van der Waals surface area (Å²) in [5.74, 6) is -0.231. The molecule has 1 N–H and O–H groups in total. The van der Waals surface area contributed by atoms with Crippen LogP contribution in [-0.2, 0) is 16.0 Å². The number of nitrogens with one attached hydrogen (secondary N) is 1. The summed E-state index contributed by atoms with van der Waals surface area (Å²) >= 11 is 0. The van der Waals surface area contributed by atoms with Gasteiger partial charge in [-0.1, -0.05) is 0 Å². The first-order valence-corrected chi connectivity index (χ1v) is 10.4. The minimum atomic E-state index is -4.85. The highest BCUT2D eigenvalue weighted by molar-refractivity contribution is 7.90. The fourth-order valence-electron chi connectivity index (χ4n) is 2.78. The van der Waals surface area contributed by atoms with E-state index in [2.05, 4.69) is 20.4 Å². The van der Waals surface area contributed by atoms with Crippen LogP contribution in [-0.4, -0.2) is 72.6 Å². The van der Waals surface area contributed by atoms with Crippen molar-refractivity contribution in [3.05, 3.63) is 29.6 Å². The predicted octanol–water partition coefficient (Wildman–Crippen LogP) is 1.14. The zero-order valence-corrected chi connectivity index (χ0v) is 16.4. The molecule has 1 saturated heterocycles. The second-order valence-corrected chi connectivity index (χ2v) is 8.64. The van der Waals surface area contributed by atoms with Crippen LogP contribution in [0.15, 0.2) is 23.2 Å². The number of alkyl halides is 3. The zero-order chi connectivity index (χ0) is 21.4. The molecule has 156 valence electrons. The summed E-state index contributed by atoms with van der Waals surface area (Å²) < 4.78 is 64.3. The molecule has 2 aromatic rings. The number of hydrogen-bond acceptors (Lipinski definition) is 8. The number of halogens is 3. The third-order valence-electron chi connectivity index (χ3n) is 4.40. The molecule has 0 bridgehead atoms. The van der Waals surface area contributed by atoms with Crippen molar-refractivity contribution in [2.24, 2.45) is 0 Å². The molecule has 0 aliphatic carbocycles. The quantitative estimate of drug-likeness (QED) is 0.771. The van der Waals surface area contributed by atoms with Gasteiger partial charge in [-0.15, -0.1) is 0 Å². The number of likely N-dealkylation sites (N-methyl/N-ethyl adjacent to an activating group) is 1. The van der Waals surface area contributed by atoms with Gasteiger partial charge < -0.3 is 10.3 Å². The van der Waals surface area contributed by atoms with Crippen molar-refractivity contribution >= 4 is 15.7 Å². The Morgan fingerprint density at radius 1 is 1.21 bits per heavy atom. The summed E-state index contributed by atoms with van der Waals surface area (Å²) in [5.41, 5.74) is 0.848. The molecule has 1 aliphatic rings. The molecular formula is C16H18F3N7O2S. The van der Waals surface area contributed by atoms with E-state index in [1.165, 1.54) is 12.1 Å². The molecule has 0 amide bonds. The Balaban J connectivity index is 2.07. The molecule has 1 aliphatic heterocycles. The van der Waals surface area contributed by atoms with Crippen molar-refractivity contribution in [2.45, 2.75) is 11.1 Å². The van der Waals surface area contributed by atoms with Gasteiger partial charge in [0, 0.05) is 38.6 Å². The van der Waals surface area contributed by atoms with Gasteiger partial charge in [0.15, 0.2) is 27.2 Å². The van der Waals surface area contributed by atoms with Crippen molar-refractivity contribution in [2.75, 3.05) is 44.9 Å². The van der Waals surface area contributed by atoms with Gasteiger partial charge in [-0.25, -0.2) is 18.4 Å². The van der Waals surface area contributed by atoms with Crippen LogP contribution >= 0.6 is 0 Å². The molecule has 0 aromatic carbocycles. The average molecular weight is 429 g/mol. The fraction of sp³-hybridized carbons (Fsp3) is 0.438. The smallest absolute Gasteiger partial charge is 0.304 e. The molecule has 0 atom stereocenters. The number of sulfone groups is 1. The third-order valence-corrected chi connectivity index (χ3v) is 5.50. The minimum Gasteiger partial charge on any atom is -0.304 e. The lowest BCUT2D eigenvalue weighted by atomic mass is 10.2. The van der Waals surface area contributed by atoms with E-state index in [-0.39, 0.29) is 16.5 Å². The van der Waals surface area contributed by atoms with E-state index in [1.54, 1.807) is 11.1 Å². The van der Waals surface area contributed by atoms with Crippen LogP contribution in [0.25, 0.3) is 5.82 Å². The van der Waals surface area contributed by atoms with Crippen LogP contribution < -0.4 is 5.43 Å². The van der Waals surface area contributed by atoms with Gasteiger partial charge in [0.05, 0.1) is 4.90 Å². The van der Waals surface area contributed by atoms with Crippen molar-refractivity contribution in [1.82, 2.24) is 24.7 Å². The molecule has 1 fully saturated rings. The fourth-order valence-corrected chi connectivity index (χ4v) is 3.34. The summed E-state index contributed by atoms with van der Waals surface area (Å²) in [7, 11) is -1.60. The lowest BCUT2D eigenvalue weighted by molar-refractivity contribution is -0.141. The molecule has 9 nitrogen and oxygen atoms in total. The third kappa shape index (κ3) is 4.50. The van der Waals surface area contributed by atoms with Gasteiger partial charge >= 0.3 is 6.18 Å². The monoisotopic (exact) mass is 429 g/mol. The minimum absolute atomic E-state index is 0.0546. The lowest BCUT2D eigenvalue weighted by Gasteiger charge is -2.33. The van der Waals surface area contributed by atoms with E-state index in [0.717, 1.165) is 17.1 Å². The summed E-state index contributed by atoms with van der Waals surface area (Å²) in [5, 5.41) is 14.6. The number of piperazine rings is 1. The summed E-state index contributed by atoms with van der Waals surface area (Å²) in [6.45, 7) is 2.43. The summed E-state index contributed by atoms with van der Waals surface area (Å²) in [6.07, 6.45) is -2.82. The molecule has 0 spiro atoms. The van der Waals surface area contributed by atoms with Gasteiger partial charge in [0.1, 0.15) is 11.6 Å². The van der Waals surface area contributed by atoms with E-state index in [9.17, 15) is 26.9 Å². The maximum absolute atomic E-state index is 13.4. The van der Waals surface area contributed by atoms with Gasteiger partial charge in [-0.2, -0.15) is 28.2 Å². The normalized spacial score (nSPS) is 16.6. The Morgan fingerprint density at radius 3 is 2.34 bits per heavy atom. The van der Waals surface area contributed by atoms with E-state index in [0.29, 0.717) is 26.2 Å². The number of pyridine rings is 1. The van der Waals surface area contributed by atoms with Crippen LogP contribution in [0.2, 0.25) is 0 Å². The predicted molar refractivity (Wildman–Crippen MR) is 96.9 cm³/mol. The van der Waals surface area contributed by atoms with Gasteiger partial charge in [0.25, 0.3) is 0 Å². The standard InChI is InChI=1S/C16H18F3N7O2S/c1-24-5-7-25(8-6-24)23-15-12(9-20)14(16(17,18)19)22-26(15)13-4-3-11(10-21-13)29(2,27)28/h3-4,10,23H,5-8H2,1-2H3. The number of aromatic nitrogens is 3. The topological polar surface area (TPSA) is 107 Å². The van der Waals surface area contributed by atoms with Gasteiger partial charge in [-0.3, -0.25) is 0 Å². The molecule has 2 aromatic heterocycles. The Morgan fingerprint density at radius 2 is 1.86 bits per heavy atom. The highest BCUT2D eigenvalue weighted by Gasteiger charge is 2.40. The maximum atomic E-state index is 13.4. The summed E-state index contributed by atoms with van der Waals surface area (Å²) in [6, 6.07) is 4.02. The van der Waals surface area contributed by atoms with Crippen molar-refractivity contribution in [1.29, 1.82) is 5.26 Å². The van der Waals surface area contributed by atoms with Crippen molar-refractivity contribution < 1.29 is 21.6 Å². The molecule has 0 unspecified atom stereocenters. The van der Waals surface area contributed by atoms with Gasteiger partial charge in [-0.05, 0) is 19.2 Å². The Labute approximate surface area is 165 Å². The van der Waals surface area contributed by atoms with E-state index < -0.39 is 27.3 Å². The first-order valence-electron chi connectivity index (χ1n) is 8.47. The molecule has 13 heteroatoms. The molecule has 3 heterocycles. The van der Waals surface area contributed by atoms with Crippen LogP contribution in [0.3, 0.4) is 0 Å². The molecule has 0 saturated carbocycles. The van der Waals surface area contributed by atoms with E-state index >= 15 is 0 Å². The van der Waals surface area contributed by atoms with Crippen LogP contribution in [0, 0.1) is 11.3 Å². The molecular weight excluding hydrogens is 411 g/mol. The van der Waals surface area contributed by atoms with E-state index in [4.69, 9.17) is 0 Å². The second-order valence-electron chi connectivity index (χ2n) is 6.62. The first kappa shape index (κ1) is 21.0. The molecule has 0 radical (unpaired) electrons. The first-order chi connectivity index (χ1) is 13.5. The Bertz CT molecular complexity index is 1030. The van der Waals surface area contributed by atoms with Crippen molar-refractivity contribution in [3.63, 3.8) is 0 Å². The zero-order valence-electron chi connectivity index (χ0n) is 15.6. The highest BCUT2D eigenvalue weighted by Crippen LogP contribution is 2.35. The molecule has 3 rings (SSSR count). The highest BCUT2D eigenvalue weighted by atomic mass is 32.2. The van der Waals surface area contributed by atoms with Crippen LogP contribution in [0.4, 0.5) is 19.0 Å². The maximum Gasteiger partial charge on any atom is 0.436 e. The van der Waals surface area contributed by atoms with Crippen LogP contribution in [0.1, 0.15) is 11.3 Å². The SMILES string of the molecule is CN1CCN(Nc2c(C#N)c(C(F)(F)F)nn2-c2ccc(S(C)(=O)=O)cn2)CC1. The number of anilines is 1.